The van der Waals surface area contributed by atoms with Gasteiger partial charge in [-0.15, -0.1) is 0 Å². The van der Waals surface area contributed by atoms with E-state index in [4.69, 9.17) is 11.6 Å². The van der Waals surface area contributed by atoms with Crippen molar-refractivity contribution in [2.45, 2.75) is 30.7 Å². The molecule has 0 N–H and O–H groups in total. The van der Waals surface area contributed by atoms with Crippen molar-refractivity contribution in [1.82, 2.24) is 9.97 Å². The highest BCUT2D eigenvalue weighted by Crippen LogP contribution is 2.32. The van der Waals surface area contributed by atoms with Crippen LogP contribution in [0.15, 0.2) is 34.4 Å². The van der Waals surface area contributed by atoms with Gasteiger partial charge in [0.2, 0.25) is 0 Å². The molecule has 0 atom stereocenters. The van der Waals surface area contributed by atoms with Crippen molar-refractivity contribution in [2.75, 3.05) is 0 Å². The van der Waals surface area contributed by atoms with E-state index in [1.54, 1.807) is 11.8 Å². The van der Waals surface area contributed by atoms with Crippen LogP contribution in [0.25, 0.3) is 0 Å². The van der Waals surface area contributed by atoms with E-state index in [0.717, 1.165) is 10.6 Å². The van der Waals surface area contributed by atoms with E-state index in [0.29, 0.717) is 5.15 Å². The van der Waals surface area contributed by atoms with Gasteiger partial charge in [0.1, 0.15) is 16.5 Å². The number of rotatable bonds is 2. The zero-order chi connectivity index (χ0) is 12.4. The first kappa shape index (κ1) is 12.4. The Morgan fingerprint density at radius 1 is 1.12 bits per heavy atom. The lowest BCUT2D eigenvalue weighted by molar-refractivity contribution is 1.00. The molecule has 1 heterocycles. The summed E-state index contributed by atoms with van der Waals surface area (Å²) in [5.74, 6) is 0. The smallest absolute Gasteiger partial charge is 0.136 e. The van der Waals surface area contributed by atoms with Gasteiger partial charge >= 0.3 is 0 Å². The molecule has 0 fully saturated rings. The van der Waals surface area contributed by atoms with Crippen LogP contribution in [0.1, 0.15) is 16.7 Å². The molecule has 0 unspecified atom stereocenters. The van der Waals surface area contributed by atoms with Crippen molar-refractivity contribution in [2.24, 2.45) is 0 Å². The Kier molecular flexibility index (Phi) is 3.69. The van der Waals surface area contributed by atoms with E-state index in [1.807, 2.05) is 6.92 Å². The fourth-order valence-corrected chi connectivity index (χ4v) is 2.66. The Bertz CT molecular complexity index is 555. The molecule has 17 heavy (non-hydrogen) atoms. The minimum atomic E-state index is 0.521. The quantitative estimate of drug-likeness (QED) is 0.760. The lowest BCUT2D eigenvalue weighted by Crippen LogP contribution is -1.90. The Balaban J connectivity index is 2.38. The second-order valence-corrected chi connectivity index (χ2v) is 5.35. The Morgan fingerprint density at radius 2 is 1.88 bits per heavy atom. The van der Waals surface area contributed by atoms with Gasteiger partial charge in [-0.05, 0) is 38.0 Å². The monoisotopic (exact) mass is 264 g/mol. The normalized spacial score (nSPS) is 10.6. The topological polar surface area (TPSA) is 25.8 Å². The van der Waals surface area contributed by atoms with Crippen molar-refractivity contribution >= 4 is 23.4 Å². The van der Waals surface area contributed by atoms with E-state index in [1.165, 1.54) is 22.3 Å². The largest absolute Gasteiger partial charge is 0.229 e. The molecule has 0 radical (unpaired) electrons. The third-order valence-electron chi connectivity index (χ3n) is 2.53. The molecular formula is C13H13ClN2S. The third-order valence-corrected chi connectivity index (χ3v) is 4.17. The standard InChI is InChI=1S/C13H13ClN2S/c1-8-4-5-9(2)11(6-8)17-13-10(3)12(14)15-7-16-13/h4-7H,1-3H3. The highest BCUT2D eigenvalue weighted by atomic mass is 35.5. The second kappa shape index (κ2) is 5.07. The zero-order valence-electron chi connectivity index (χ0n) is 9.99. The molecule has 0 amide bonds. The highest BCUT2D eigenvalue weighted by Gasteiger charge is 2.08. The minimum Gasteiger partial charge on any atom is -0.229 e. The van der Waals surface area contributed by atoms with E-state index in [2.05, 4.69) is 42.0 Å². The van der Waals surface area contributed by atoms with Crippen LogP contribution >= 0.6 is 23.4 Å². The number of nitrogens with zero attached hydrogens (tertiary/aromatic N) is 2. The van der Waals surface area contributed by atoms with Gasteiger partial charge in [0.05, 0.1) is 0 Å². The van der Waals surface area contributed by atoms with E-state index in [-0.39, 0.29) is 0 Å². The average molecular weight is 265 g/mol. The van der Waals surface area contributed by atoms with E-state index >= 15 is 0 Å². The molecule has 1 aromatic carbocycles. The number of aromatic nitrogens is 2. The maximum Gasteiger partial charge on any atom is 0.136 e. The fourth-order valence-electron chi connectivity index (χ4n) is 1.44. The summed E-state index contributed by atoms with van der Waals surface area (Å²) in [5.41, 5.74) is 3.42. The van der Waals surface area contributed by atoms with Crippen LogP contribution in [0.5, 0.6) is 0 Å². The average Bonchev–Trinajstić information content (AvgIpc) is 2.30. The van der Waals surface area contributed by atoms with Gasteiger partial charge in [0, 0.05) is 10.5 Å². The lowest BCUT2D eigenvalue weighted by atomic mass is 10.2. The first-order valence-corrected chi connectivity index (χ1v) is 6.49. The maximum atomic E-state index is 5.99. The van der Waals surface area contributed by atoms with Crippen LogP contribution < -0.4 is 0 Å². The molecule has 0 aliphatic carbocycles. The summed E-state index contributed by atoms with van der Waals surface area (Å²) in [5, 5.41) is 1.44. The molecule has 0 aliphatic heterocycles. The molecule has 88 valence electrons. The van der Waals surface area contributed by atoms with Gasteiger partial charge in [-0.3, -0.25) is 0 Å². The summed E-state index contributed by atoms with van der Waals surface area (Å²) in [4.78, 5) is 9.45. The number of halogens is 1. The summed E-state index contributed by atoms with van der Waals surface area (Å²) < 4.78 is 0. The van der Waals surface area contributed by atoms with Crippen molar-refractivity contribution in [1.29, 1.82) is 0 Å². The molecule has 2 aromatic rings. The molecule has 1 aromatic heterocycles. The van der Waals surface area contributed by atoms with Crippen LogP contribution in [0.4, 0.5) is 0 Å². The molecule has 0 saturated heterocycles. The maximum absolute atomic E-state index is 5.99. The van der Waals surface area contributed by atoms with Crippen molar-refractivity contribution in [3.63, 3.8) is 0 Å². The number of benzene rings is 1. The van der Waals surface area contributed by atoms with Gasteiger partial charge in [0.15, 0.2) is 0 Å². The van der Waals surface area contributed by atoms with Gasteiger partial charge in [0.25, 0.3) is 0 Å². The molecule has 2 nitrogen and oxygen atoms in total. The van der Waals surface area contributed by atoms with Crippen molar-refractivity contribution in [3.8, 4) is 0 Å². The van der Waals surface area contributed by atoms with Crippen LogP contribution in [-0.2, 0) is 0 Å². The van der Waals surface area contributed by atoms with E-state index < -0.39 is 0 Å². The molecule has 0 saturated carbocycles. The van der Waals surface area contributed by atoms with Gasteiger partial charge < -0.3 is 0 Å². The number of aryl methyl sites for hydroxylation is 2. The summed E-state index contributed by atoms with van der Waals surface area (Å²) in [7, 11) is 0. The first-order valence-electron chi connectivity index (χ1n) is 5.30. The van der Waals surface area contributed by atoms with Crippen molar-refractivity contribution < 1.29 is 0 Å². The summed E-state index contributed by atoms with van der Waals surface area (Å²) in [6, 6.07) is 6.39. The van der Waals surface area contributed by atoms with Gasteiger partial charge in [-0.25, -0.2) is 9.97 Å². The van der Waals surface area contributed by atoms with Gasteiger partial charge in [-0.2, -0.15) is 0 Å². The Labute approximate surface area is 110 Å². The second-order valence-electron chi connectivity index (χ2n) is 3.97. The van der Waals surface area contributed by atoms with Crippen LogP contribution in [-0.4, -0.2) is 9.97 Å². The van der Waals surface area contributed by atoms with E-state index in [9.17, 15) is 0 Å². The van der Waals surface area contributed by atoms with Crippen molar-refractivity contribution in [3.05, 3.63) is 46.4 Å². The third kappa shape index (κ3) is 2.79. The molecular weight excluding hydrogens is 252 g/mol. The predicted molar refractivity (Wildman–Crippen MR) is 71.8 cm³/mol. The number of hydrogen-bond acceptors (Lipinski definition) is 3. The van der Waals surface area contributed by atoms with Crippen LogP contribution in [0, 0.1) is 20.8 Å². The number of hydrogen-bond donors (Lipinski definition) is 0. The minimum absolute atomic E-state index is 0.521. The van der Waals surface area contributed by atoms with Crippen LogP contribution in [0.2, 0.25) is 5.15 Å². The Hall–Kier alpha value is -1.06. The molecule has 0 bridgehead atoms. The first-order chi connectivity index (χ1) is 8.08. The summed E-state index contributed by atoms with van der Waals surface area (Å²) >= 11 is 7.62. The molecule has 4 heteroatoms. The van der Waals surface area contributed by atoms with Crippen LogP contribution in [0.3, 0.4) is 0 Å². The fraction of sp³-hybridized carbons (Fsp3) is 0.231. The Morgan fingerprint density at radius 3 is 2.65 bits per heavy atom. The highest BCUT2D eigenvalue weighted by molar-refractivity contribution is 7.99. The lowest BCUT2D eigenvalue weighted by Gasteiger charge is -2.08. The molecule has 2 rings (SSSR count). The van der Waals surface area contributed by atoms with Gasteiger partial charge in [-0.1, -0.05) is 35.5 Å². The zero-order valence-corrected chi connectivity index (χ0v) is 11.6. The predicted octanol–water partition coefficient (Wildman–Crippen LogP) is 4.21. The SMILES string of the molecule is Cc1ccc(C)c(Sc2ncnc(Cl)c2C)c1. The molecule has 0 spiro atoms. The molecule has 0 aliphatic rings. The summed E-state index contributed by atoms with van der Waals surface area (Å²) in [6.45, 7) is 6.12. The summed E-state index contributed by atoms with van der Waals surface area (Å²) in [6.07, 6.45) is 1.50.